The SMILES string of the molecule is O=Cc1cccc(S)c1C=O. The average Bonchev–Trinajstić information content (AvgIpc) is 2.04. The summed E-state index contributed by atoms with van der Waals surface area (Å²) in [7, 11) is 0. The molecule has 1 aromatic rings. The molecule has 0 spiro atoms. The minimum absolute atomic E-state index is 0.353. The molecule has 0 unspecified atom stereocenters. The van der Waals surface area contributed by atoms with Crippen LogP contribution in [0.3, 0.4) is 0 Å². The minimum Gasteiger partial charge on any atom is -0.298 e. The maximum atomic E-state index is 10.4. The molecule has 0 bridgehead atoms. The molecule has 0 saturated heterocycles. The van der Waals surface area contributed by atoms with Gasteiger partial charge in [0, 0.05) is 16.0 Å². The number of carbonyl (C=O) groups is 2. The summed E-state index contributed by atoms with van der Waals surface area (Å²) in [4.78, 5) is 21.3. The molecule has 0 aliphatic heterocycles. The fraction of sp³-hybridized carbons (Fsp3) is 0. The third-order valence-electron chi connectivity index (χ3n) is 1.36. The van der Waals surface area contributed by atoms with Crippen molar-refractivity contribution in [3.8, 4) is 0 Å². The summed E-state index contributed by atoms with van der Waals surface area (Å²) in [5, 5.41) is 0. The van der Waals surface area contributed by atoms with Gasteiger partial charge in [-0.1, -0.05) is 12.1 Å². The Bertz CT molecular complexity index is 294. The van der Waals surface area contributed by atoms with E-state index in [2.05, 4.69) is 12.6 Å². The molecule has 0 aliphatic rings. The highest BCUT2D eigenvalue weighted by molar-refractivity contribution is 7.80. The van der Waals surface area contributed by atoms with Crippen LogP contribution in [0.2, 0.25) is 0 Å². The fourth-order valence-electron chi connectivity index (χ4n) is 0.802. The van der Waals surface area contributed by atoms with Gasteiger partial charge in [0.25, 0.3) is 0 Å². The van der Waals surface area contributed by atoms with Crippen molar-refractivity contribution in [2.75, 3.05) is 0 Å². The van der Waals surface area contributed by atoms with Crippen LogP contribution in [0.25, 0.3) is 0 Å². The van der Waals surface area contributed by atoms with Crippen molar-refractivity contribution in [1.29, 1.82) is 0 Å². The second-order valence-electron chi connectivity index (χ2n) is 2.02. The van der Waals surface area contributed by atoms with E-state index in [0.717, 1.165) is 0 Å². The first-order valence-electron chi connectivity index (χ1n) is 3.02. The first kappa shape index (κ1) is 8.01. The number of hydrogen-bond acceptors (Lipinski definition) is 3. The van der Waals surface area contributed by atoms with Crippen LogP contribution in [0.15, 0.2) is 23.1 Å². The van der Waals surface area contributed by atoms with E-state index < -0.39 is 0 Å². The molecule has 0 fully saturated rings. The number of aldehydes is 2. The Balaban J connectivity index is 3.35. The van der Waals surface area contributed by atoms with Gasteiger partial charge in [-0.3, -0.25) is 9.59 Å². The maximum absolute atomic E-state index is 10.4. The van der Waals surface area contributed by atoms with Gasteiger partial charge >= 0.3 is 0 Å². The standard InChI is InChI=1S/C8H6O2S/c9-4-6-2-1-3-8(11)7(6)5-10/h1-5,11H. The predicted molar refractivity (Wildman–Crippen MR) is 44.5 cm³/mol. The van der Waals surface area contributed by atoms with E-state index >= 15 is 0 Å². The lowest BCUT2D eigenvalue weighted by molar-refractivity contribution is 0.109. The van der Waals surface area contributed by atoms with Crippen LogP contribution in [0.1, 0.15) is 20.7 Å². The molecule has 2 nitrogen and oxygen atoms in total. The summed E-state index contributed by atoms with van der Waals surface area (Å²) in [5.74, 6) is 0. The molecule has 0 N–H and O–H groups in total. The highest BCUT2D eigenvalue weighted by Crippen LogP contribution is 2.14. The van der Waals surface area contributed by atoms with E-state index in [9.17, 15) is 9.59 Å². The van der Waals surface area contributed by atoms with E-state index in [-0.39, 0.29) is 0 Å². The molecule has 0 heterocycles. The Morgan fingerprint density at radius 3 is 2.36 bits per heavy atom. The van der Waals surface area contributed by atoms with Gasteiger partial charge in [0.05, 0.1) is 0 Å². The molecule has 0 aromatic heterocycles. The average molecular weight is 166 g/mol. The van der Waals surface area contributed by atoms with Crippen molar-refractivity contribution in [1.82, 2.24) is 0 Å². The van der Waals surface area contributed by atoms with Gasteiger partial charge in [-0.25, -0.2) is 0 Å². The van der Waals surface area contributed by atoms with E-state index in [4.69, 9.17) is 0 Å². The molecule has 1 aromatic carbocycles. The third-order valence-corrected chi connectivity index (χ3v) is 1.75. The van der Waals surface area contributed by atoms with Crippen molar-refractivity contribution in [2.45, 2.75) is 4.90 Å². The summed E-state index contributed by atoms with van der Waals surface area (Å²) in [5.41, 5.74) is 0.735. The third kappa shape index (κ3) is 1.49. The lowest BCUT2D eigenvalue weighted by Crippen LogP contribution is -1.91. The zero-order valence-corrected chi connectivity index (χ0v) is 6.54. The summed E-state index contributed by atoms with van der Waals surface area (Å²) in [6.07, 6.45) is 1.27. The summed E-state index contributed by atoms with van der Waals surface area (Å²) >= 11 is 4.01. The second kappa shape index (κ2) is 3.34. The normalized spacial score (nSPS) is 9.18. The minimum atomic E-state index is 0.353. The number of rotatable bonds is 2. The fourth-order valence-corrected chi connectivity index (χ4v) is 1.07. The lowest BCUT2D eigenvalue weighted by atomic mass is 10.1. The molecule has 1 rings (SSSR count). The summed E-state index contributed by atoms with van der Waals surface area (Å²) in [6, 6.07) is 4.93. The highest BCUT2D eigenvalue weighted by atomic mass is 32.1. The molecule has 11 heavy (non-hydrogen) atoms. The van der Waals surface area contributed by atoms with Crippen molar-refractivity contribution in [3.63, 3.8) is 0 Å². The largest absolute Gasteiger partial charge is 0.298 e. The van der Waals surface area contributed by atoms with Crippen LogP contribution >= 0.6 is 12.6 Å². The summed E-state index contributed by atoms with van der Waals surface area (Å²) < 4.78 is 0. The molecule has 0 amide bonds. The number of benzene rings is 1. The van der Waals surface area contributed by atoms with Crippen LogP contribution < -0.4 is 0 Å². The van der Waals surface area contributed by atoms with E-state index in [1.54, 1.807) is 18.2 Å². The quantitative estimate of drug-likeness (QED) is 0.535. The molecule has 0 radical (unpaired) electrons. The molecule has 0 atom stereocenters. The van der Waals surface area contributed by atoms with Crippen molar-refractivity contribution in [3.05, 3.63) is 29.3 Å². The smallest absolute Gasteiger partial charge is 0.151 e. The highest BCUT2D eigenvalue weighted by Gasteiger charge is 2.02. The molecular formula is C8H6O2S. The second-order valence-corrected chi connectivity index (χ2v) is 2.50. The van der Waals surface area contributed by atoms with Crippen molar-refractivity contribution in [2.24, 2.45) is 0 Å². The van der Waals surface area contributed by atoms with Crippen LogP contribution in [-0.4, -0.2) is 12.6 Å². The van der Waals surface area contributed by atoms with Crippen LogP contribution in [0.5, 0.6) is 0 Å². The van der Waals surface area contributed by atoms with Gasteiger partial charge in [-0.2, -0.15) is 0 Å². The topological polar surface area (TPSA) is 34.1 Å². The number of thiol groups is 1. The molecule has 56 valence electrons. The Kier molecular flexibility index (Phi) is 2.44. The van der Waals surface area contributed by atoms with Gasteiger partial charge < -0.3 is 0 Å². The van der Waals surface area contributed by atoms with Crippen LogP contribution in [0.4, 0.5) is 0 Å². The van der Waals surface area contributed by atoms with Crippen LogP contribution in [-0.2, 0) is 0 Å². The van der Waals surface area contributed by atoms with E-state index in [1.807, 2.05) is 0 Å². The van der Waals surface area contributed by atoms with Gasteiger partial charge in [0.15, 0.2) is 12.6 Å². The maximum Gasteiger partial charge on any atom is 0.151 e. The zero-order valence-electron chi connectivity index (χ0n) is 5.65. The first-order valence-corrected chi connectivity index (χ1v) is 3.46. The molecule has 0 aliphatic carbocycles. The monoisotopic (exact) mass is 166 g/mol. The molecule has 0 saturated carbocycles. The molecular weight excluding hydrogens is 160 g/mol. The van der Waals surface area contributed by atoms with Gasteiger partial charge in [-0.05, 0) is 6.07 Å². The lowest BCUT2D eigenvalue weighted by Gasteiger charge is -1.97. The van der Waals surface area contributed by atoms with Crippen LogP contribution in [0, 0.1) is 0 Å². The van der Waals surface area contributed by atoms with Gasteiger partial charge in [-0.15, -0.1) is 12.6 Å². The van der Waals surface area contributed by atoms with Crippen molar-refractivity contribution >= 4 is 25.2 Å². The summed E-state index contributed by atoms with van der Waals surface area (Å²) in [6.45, 7) is 0. The number of hydrogen-bond donors (Lipinski definition) is 1. The molecule has 3 heteroatoms. The first-order chi connectivity index (χ1) is 5.29. The van der Waals surface area contributed by atoms with Gasteiger partial charge in [0.1, 0.15) is 0 Å². The Labute approximate surface area is 69.6 Å². The van der Waals surface area contributed by atoms with Crippen molar-refractivity contribution < 1.29 is 9.59 Å². The number of carbonyl (C=O) groups excluding carboxylic acids is 2. The predicted octanol–water partition coefficient (Wildman–Crippen LogP) is 1.60. The van der Waals surface area contributed by atoms with E-state index in [0.29, 0.717) is 28.6 Å². The van der Waals surface area contributed by atoms with E-state index in [1.165, 1.54) is 0 Å². The Morgan fingerprint density at radius 1 is 1.18 bits per heavy atom. The van der Waals surface area contributed by atoms with Gasteiger partial charge in [0.2, 0.25) is 0 Å². The zero-order chi connectivity index (χ0) is 8.27. The Morgan fingerprint density at radius 2 is 1.91 bits per heavy atom. The Hall–Kier alpha value is -1.09.